The maximum atomic E-state index is 12.8. The molecule has 2 nitrogen and oxygen atoms in total. The monoisotopic (exact) mass is 313 g/mol. The Balaban J connectivity index is 1.79. The second-order valence-corrected chi connectivity index (χ2v) is 7.55. The van der Waals surface area contributed by atoms with Crippen molar-refractivity contribution in [2.24, 2.45) is 5.92 Å². The quantitative estimate of drug-likeness (QED) is 0.804. The lowest BCUT2D eigenvalue weighted by molar-refractivity contribution is 0.0747. The first-order chi connectivity index (χ1) is 10.6. The van der Waals surface area contributed by atoms with Gasteiger partial charge in [-0.25, -0.2) is 0 Å². The van der Waals surface area contributed by atoms with Crippen molar-refractivity contribution in [3.05, 3.63) is 57.3 Å². The molecule has 1 amide bonds. The van der Waals surface area contributed by atoms with E-state index in [1.54, 1.807) is 11.3 Å². The van der Waals surface area contributed by atoms with E-state index in [1.807, 2.05) is 30.1 Å². The van der Waals surface area contributed by atoms with Crippen LogP contribution in [0.3, 0.4) is 0 Å². The van der Waals surface area contributed by atoms with Gasteiger partial charge in [0.15, 0.2) is 0 Å². The molecule has 2 unspecified atom stereocenters. The summed E-state index contributed by atoms with van der Waals surface area (Å²) in [5, 5.41) is 0. The number of hydrogen-bond donors (Lipinski definition) is 0. The standard InChI is InChI=1S/C19H23NOS/c1-13-9-10-17-16(11-13)12-18(22-17)19(21)20(3)14(2)15-7-5-4-6-8-15/h4-8,12-14H,9-11H2,1-3H3. The number of rotatable bonds is 3. The summed E-state index contributed by atoms with van der Waals surface area (Å²) < 4.78 is 0. The van der Waals surface area contributed by atoms with Gasteiger partial charge in [0, 0.05) is 11.9 Å². The van der Waals surface area contributed by atoms with Gasteiger partial charge in [0.1, 0.15) is 0 Å². The van der Waals surface area contributed by atoms with E-state index in [0.29, 0.717) is 0 Å². The molecule has 0 radical (unpaired) electrons. The van der Waals surface area contributed by atoms with E-state index in [0.717, 1.165) is 23.6 Å². The molecule has 3 rings (SSSR count). The van der Waals surface area contributed by atoms with Gasteiger partial charge in [-0.2, -0.15) is 0 Å². The molecule has 3 heteroatoms. The summed E-state index contributed by atoms with van der Waals surface area (Å²) in [6, 6.07) is 12.4. The molecule has 0 fully saturated rings. The first-order valence-electron chi connectivity index (χ1n) is 8.00. The van der Waals surface area contributed by atoms with Gasteiger partial charge in [0.2, 0.25) is 0 Å². The van der Waals surface area contributed by atoms with Gasteiger partial charge in [-0.3, -0.25) is 4.79 Å². The number of carbonyl (C=O) groups is 1. The molecular formula is C19H23NOS. The predicted octanol–water partition coefficient (Wildman–Crippen LogP) is 4.71. The SMILES string of the molecule is CC1CCc2sc(C(=O)N(C)C(C)c3ccccc3)cc2C1. The van der Waals surface area contributed by atoms with Crippen molar-refractivity contribution in [3.8, 4) is 0 Å². The molecule has 116 valence electrons. The summed E-state index contributed by atoms with van der Waals surface area (Å²) in [5.41, 5.74) is 2.57. The lowest BCUT2D eigenvalue weighted by Gasteiger charge is -2.24. The fourth-order valence-corrected chi connectivity index (χ4v) is 4.31. The Hall–Kier alpha value is -1.61. The van der Waals surface area contributed by atoms with Crippen LogP contribution in [0.2, 0.25) is 0 Å². The van der Waals surface area contributed by atoms with Crippen molar-refractivity contribution >= 4 is 17.2 Å². The molecular weight excluding hydrogens is 290 g/mol. The molecule has 1 aliphatic carbocycles. The summed E-state index contributed by atoms with van der Waals surface area (Å²) in [7, 11) is 1.90. The average molecular weight is 313 g/mol. The lowest BCUT2D eigenvalue weighted by Crippen LogP contribution is -2.29. The highest BCUT2D eigenvalue weighted by Gasteiger charge is 2.24. The van der Waals surface area contributed by atoms with E-state index >= 15 is 0 Å². The second kappa shape index (κ2) is 6.25. The fourth-order valence-electron chi connectivity index (χ4n) is 3.12. The molecule has 0 saturated carbocycles. The van der Waals surface area contributed by atoms with Crippen molar-refractivity contribution in [3.63, 3.8) is 0 Å². The minimum absolute atomic E-state index is 0.0896. The van der Waals surface area contributed by atoms with Crippen LogP contribution in [0, 0.1) is 5.92 Å². The van der Waals surface area contributed by atoms with Crippen LogP contribution < -0.4 is 0 Å². The summed E-state index contributed by atoms with van der Waals surface area (Å²) in [6.45, 7) is 4.38. The smallest absolute Gasteiger partial charge is 0.264 e. The molecule has 0 N–H and O–H groups in total. The van der Waals surface area contributed by atoms with Crippen molar-refractivity contribution in [1.29, 1.82) is 0 Å². The Labute approximate surface area is 136 Å². The minimum atomic E-state index is 0.0896. The Bertz CT molecular complexity index is 661. The molecule has 1 aliphatic rings. The van der Waals surface area contributed by atoms with Crippen LogP contribution in [0.5, 0.6) is 0 Å². The largest absolute Gasteiger partial charge is 0.334 e. The molecule has 0 bridgehead atoms. The van der Waals surface area contributed by atoms with Crippen molar-refractivity contribution in [1.82, 2.24) is 4.90 Å². The normalized spacial score (nSPS) is 18.6. The summed E-state index contributed by atoms with van der Waals surface area (Å²) >= 11 is 1.70. The van der Waals surface area contributed by atoms with Crippen LogP contribution in [0.1, 0.15) is 52.0 Å². The highest BCUT2D eigenvalue weighted by molar-refractivity contribution is 7.14. The van der Waals surface area contributed by atoms with Crippen LogP contribution >= 0.6 is 11.3 Å². The minimum Gasteiger partial charge on any atom is -0.334 e. The zero-order valence-corrected chi connectivity index (χ0v) is 14.3. The first kappa shape index (κ1) is 15.3. The van der Waals surface area contributed by atoms with Gasteiger partial charge >= 0.3 is 0 Å². The fraction of sp³-hybridized carbons (Fsp3) is 0.421. The van der Waals surface area contributed by atoms with Crippen molar-refractivity contribution in [2.45, 2.75) is 39.2 Å². The molecule has 0 saturated heterocycles. The van der Waals surface area contributed by atoms with E-state index in [-0.39, 0.29) is 11.9 Å². The molecule has 2 atom stereocenters. The number of hydrogen-bond acceptors (Lipinski definition) is 2. The molecule has 1 heterocycles. The Morgan fingerprint density at radius 2 is 2.05 bits per heavy atom. The lowest BCUT2D eigenvalue weighted by atomic mass is 9.90. The van der Waals surface area contributed by atoms with E-state index in [1.165, 1.54) is 22.4 Å². The third kappa shape index (κ3) is 2.95. The van der Waals surface area contributed by atoms with Crippen LogP contribution in [-0.4, -0.2) is 17.9 Å². The Morgan fingerprint density at radius 1 is 1.32 bits per heavy atom. The zero-order chi connectivity index (χ0) is 15.7. The number of thiophene rings is 1. The Morgan fingerprint density at radius 3 is 2.77 bits per heavy atom. The highest BCUT2D eigenvalue weighted by atomic mass is 32.1. The summed E-state index contributed by atoms with van der Waals surface area (Å²) in [5.74, 6) is 0.884. The van der Waals surface area contributed by atoms with Gasteiger partial charge in [-0.1, -0.05) is 37.3 Å². The number of fused-ring (bicyclic) bond motifs is 1. The van der Waals surface area contributed by atoms with Crippen LogP contribution in [-0.2, 0) is 12.8 Å². The van der Waals surface area contributed by atoms with Crippen LogP contribution in [0.4, 0.5) is 0 Å². The van der Waals surface area contributed by atoms with Crippen molar-refractivity contribution < 1.29 is 4.79 Å². The molecule has 0 spiro atoms. The predicted molar refractivity (Wildman–Crippen MR) is 92.5 cm³/mol. The molecule has 1 aromatic heterocycles. The zero-order valence-electron chi connectivity index (χ0n) is 13.5. The number of nitrogens with zero attached hydrogens (tertiary/aromatic N) is 1. The topological polar surface area (TPSA) is 20.3 Å². The number of carbonyl (C=O) groups excluding carboxylic acids is 1. The van der Waals surface area contributed by atoms with Gasteiger partial charge in [0.25, 0.3) is 5.91 Å². The van der Waals surface area contributed by atoms with E-state index in [4.69, 9.17) is 0 Å². The van der Waals surface area contributed by atoms with E-state index in [9.17, 15) is 4.79 Å². The maximum absolute atomic E-state index is 12.8. The van der Waals surface area contributed by atoms with Crippen molar-refractivity contribution in [2.75, 3.05) is 7.05 Å². The third-order valence-corrected chi connectivity index (χ3v) is 5.95. The first-order valence-corrected chi connectivity index (χ1v) is 8.81. The van der Waals surface area contributed by atoms with Gasteiger partial charge in [-0.15, -0.1) is 11.3 Å². The second-order valence-electron chi connectivity index (χ2n) is 6.41. The number of benzene rings is 1. The number of aryl methyl sites for hydroxylation is 1. The third-order valence-electron chi connectivity index (χ3n) is 4.72. The van der Waals surface area contributed by atoms with Crippen LogP contribution in [0.15, 0.2) is 36.4 Å². The van der Waals surface area contributed by atoms with E-state index < -0.39 is 0 Å². The van der Waals surface area contributed by atoms with Crippen LogP contribution in [0.25, 0.3) is 0 Å². The van der Waals surface area contributed by atoms with Gasteiger partial charge in [0.05, 0.1) is 10.9 Å². The highest BCUT2D eigenvalue weighted by Crippen LogP contribution is 2.33. The summed E-state index contributed by atoms with van der Waals surface area (Å²) in [4.78, 5) is 17.0. The van der Waals surface area contributed by atoms with Gasteiger partial charge in [-0.05, 0) is 49.3 Å². The summed E-state index contributed by atoms with van der Waals surface area (Å²) in [6.07, 6.45) is 3.50. The molecule has 0 aliphatic heterocycles. The molecule has 2 aromatic rings. The maximum Gasteiger partial charge on any atom is 0.264 e. The average Bonchev–Trinajstić information content (AvgIpc) is 2.96. The van der Waals surface area contributed by atoms with E-state index in [2.05, 4.69) is 32.0 Å². The van der Waals surface area contributed by atoms with Gasteiger partial charge < -0.3 is 4.90 Å². The molecule has 22 heavy (non-hydrogen) atoms. The number of amides is 1. The molecule has 1 aromatic carbocycles. The Kier molecular flexibility index (Phi) is 4.34.